The number of rotatable bonds is 4. The molecule has 0 bridgehead atoms. The number of ether oxygens (including phenoxy) is 1. The molecule has 1 aliphatic carbocycles. The smallest absolute Gasteiger partial charge is 0.229 e. The number of hydrogen-bond acceptors (Lipinski definition) is 5. The third kappa shape index (κ3) is 3.06. The number of carbonyl (C=O) groups excluding carboxylic acids is 2. The number of nitrogens with zero attached hydrogens (tertiary/aromatic N) is 2. The number of carbonyl (C=O) groups is 2. The molecule has 25 heavy (non-hydrogen) atoms. The normalized spacial score (nSPS) is 25.7. The van der Waals surface area contributed by atoms with Gasteiger partial charge in [0.25, 0.3) is 0 Å². The number of hydrogen-bond donors (Lipinski definition) is 1. The van der Waals surface area contributed by atoms with Crippen LogP contribution in [0.25, 0.3) is 0 Å². The van der Waals surface area contributed by atoms with Gasteiger partial charge in [-0.25, -0.2) is 4.98 Å². The number of amides is 2. The summed E-state index contributed by atoms with van der Waals surface area (Å²) >= 11 is 1.46. The fourth-order valence-corrected chi connectivity index (χ4v) is 4.86. The third-order valence-corrected chi connectivity index (χ3v) is 6.48. The lowest BCUT2D eigenvalue weighted by Crippen LogP contribution is -2.40. The van der Waals surface area contributed by atoms with Gasteiger partial charge in [-0.1, -0.05) is 17.8 Å². The van der Waals surface area contributed by atoms with Crippen molar-refractivity contribution in [1.82, 2.24) is 9.88 Å². The van der Waals surface area contributed by atoms with Crippen LogP contribution < -0.4 is 5.32 Å². The summed E-state index contributed by atoms with van der Waals surface area (Å²) in [5.41, 5.74) is 0.624. The molecule has 1 aromatic rings. The standard InChI is InChI=1S/C17H22FN3O3S/c18-6-4-13(22)21-7-5-17(9-21)10-24-8-12-14(17)19-16(25-12)20-15(23)11-2-1-3-11/h11H,1-10H2,(H,19,20,23). The highest BCUT2D eigenvalue weighted by Crippen LogP contribution is 2.43. The van der Waals surface area contributed by atoms with Crippen molar-refractivity contribution >= 4 is 28.3 Å². The van der Waals surface area contributed by atoms with E-state index in [0.29, 0.717) is 31.4 Å². The summed E-state index contributed by atoms with van der Waals surface area (Å²) in [6.45, 7) is 1.49. The molecule has 1 spiro atoms. The van der Waals surface area contributed by atoms with Crippen molar-refractivity contribution in [2.75, 3.05) is 31.7 Å². The van der Waals surface area contributed by atoms with Crippen molar-refractivity contribution in [3.63, 3.8) is 0 Å². The van der Waals surface area contributed by atoms with Gasteiger partial charge >= 0.3 is 0 Å². The average molecular weight is 367 g/mol. The van der Waals surface area contributed by atoms with Crippen LogP contribution in [0.1, 0.15) is 42.7 Å². The minimum atomic E-state index is -0.627. The minimum Gasteiger partial charge on any atom is -0.375 e. The molecular weight excluding hydrogens is 345 g/mol. The van der Waals surface area contributed by atoms with E-state index < -0.39 is 6.67 Å². The molecule has 1 atom stereocenters. The summed E-state index contributed by atoms with van der Waals surface area (Å²) in [7, 11) is 0. The lowest BCUT2D eigenvalue weighted by atomic mass is 9.82. The quantitative estimate of drug-likeness (QED) is 0.886. The molecule has 6 nitrogen and oxygen atoms in total. The number of nitrogens with one attached hydrogen (secondary N) is 1. The first-order valence-electron chi connectivity index (χ1n) is 8.84. The lowest BCUT2D eigenvalue weighted by molar-refractivity contribution is -0.130. The molecule has 1 unspecified atom stereocenters. The summed E-state index contributed by atoms with van der Waals surface area (Å²) < 4.78 is 18.2. The molecule has 2 fully saturated rings. The van der Waals surface area contributed by atoms with E-state index in [1.807, 2.05) is 0 Å². The predicted octanol–water partition coefficient (Wildman–Crippen LogP) is 2.24. The molecular formula is C17H22FN3O3S. The molecule has 1 saturated heterocycles. The average Bonchev–Trinajstić information content (AvgIpc) is 3.12. The van der Waals surface area contributed by atoms with Crippen molar-refractivity contribution in [1.29, 1.82) is 0 Å². The Hall–Kier alpha value is -1.54. The Morgan fingerprint density at radius 2 is 2.28 bits per heavy atom. The Bertz CT molecular complexity index is 691. The van der Waals surface area contributed by atoms with Crippen LogP contribution >= 0.6 is 11.3 Å². The minimum absolute atomic E-state index is 0.0542. The highest BCUT2D eigenvalue weighted by atomic mass is 32.1. The van der Waals surface area contributed by atoms with Gasteiger partial charge in [-0.2, -0.15) is 0 Å². The zero-order valence-corrected chi connectivity index (χ0v) is 14.9. The number of alkyl halides is 1. The van der Waals surface area contributed by atoms with E-state index in [-0.39, 0.29) is 29.6 Å². The van der Waals surface area contributed by atoms with Crippen molar-refractivity contribution < 1.29 is 18.7 Å². The van der Waals surface area contributed by atoms with Crippen molar-refractivity contribution in [3.8, 4) is 0 Å². The number of fused-ring (bicyclic) bond motifs is 2. The summed E-state index contributed by atoms with van der Waals surface area (Å²) in [4.78, 5) is 31.6. The summed E-state index contributed by atoms with van der Waals surface area (Å²) in [5, 5.41) is 3.57. The van der Waals surface area contributed by atoms with Crippen molar-refractivity contribution in [2.45, 2.75) is 44.1 Å². The molecule has 1 saturated carbocycles. The van der Waals surface area contributed by atoms with Gasteiger partial charge < -0.3 is 15.0 Å². The van der Waals surface area contributed by atoms with Gasteiger partial charge in [0, 0.05) is 19.0 Å². The highest BCUT2D eigenvalue weighted by molar-refractivity contribution is 7.15. The predicted molar refractivity (Wildman–Crippen MR) is 91.2 cm³/mol. The van der Waals surface area contributed by atoms with Crippen LogP contribution in [0.2, 0.25) is 0 Å². The number of thiazole rings is 1. The SMILES string of the molecule is O=C(Nc1nc2c(s1)COCC21CCN(C(=O)CCF)C1)C1CCC1. The molecule has 2 amide bonds. The molecule has 136 valence electrons. The monoisotopic (exact) mass is 367 g/mol. The van der Waals surface area contributed by atoms with E-state index in [4.69, 9.17) is 9.72 Å². The zero-order valence-electron chi connectivity index (χ0n) is 14.1. The van der Waals surface area contributed by atoms with Gasteiger partial charge in [-0.3, -0.25) is 14.0 Å². The van der Waals surface area contributed by atoms with Crippen molar-refractivity contribution in [2.24, 2.45) is 5.92 Å². The number of halogens is 1. The van der Waals surface area contributed by atoms with E-state index >= 15 is 0 Å². The van der Waals surface area contributed by atoms with Crippen LogP contribution in [0, 0.1) is 5.92 Å². The summed E-state index contributed by atoms with van der Waals surface area (Å²) in [6.07, 6.45) is 3.72. The van der Waals surface area contributed by atoms with Crippen LogP contribution in [-0.2, 0) is 26.3 Å². The number of likely N-dealkylation sites (tertiary alicyclic amines) is 1. The molecule has 4 rings (SSSR count). The van der Waals surface area contributed by atoms with E-state index in [1.165, 1.54) is 11.3 Å². The maximum Gasteiger partial charge on any atom is 0.229 e. The number of aromatic nitrogens is 1. The van der Waals surface area contributed by atoms with E-state index in [0.717, 1.165) is 36.3 Å². The molecule has 0 radical (unpaired) electrons. The first kappa shape index (κ1) is 16.9. The van der Waals surface area contributed by atoms with Gasteiger partial charge in [-0.05, 0) is 19.3 Å². The van der Waals surface area contributed by atoms with Crippen LogP contribution in [0.3, 0.4) is 0 Å². The van der Waals surface area contributed by atoms with Gasteiger partial charge in [0.15, 0.2) is 5.13 Å². The molecule has 3 heterocycles. The molecule has 1 aromatic heterocycles. The Balaban J connectivity index is 1.52. The molecule has 1 N–H and O–H groups in total. The maximum atomic E-state index is 12.5. The van der Waals surface area contributed by atoms with E-state index in [2.05, 4.69) is 5.32 Å². The Kier molecular flexibility index (Phi) is 4.49. The second kappa shape index (κ2) is 6.64. The zero-order chi connectivity index (χ0) is 17.4. The van der Waals surface area contributed by atoms with Gasteiger partial charge in [0.1, 0.15) is 0 Å². The van der Waals surface area contributed by atoms with Crippen LogP contribution in [0.4, 0.5) is 9.52 Å². The van der Waals surface area contributed by atoms with Gasteiger partial charge in [0.05, 0.1) is 42.3 Å². The Morgan fingerprint density at radius 1 is 1.44 bits per heavy atom. The first-order valence-corrected chi connectivity index (χ1v) is 9.65. The molecule has 3 aliphatic rings. The third-order valence-electron chi connectivity index (χ3n) is 5.53. The Morgan fingerprint density at radius 3 is 3.00 bits per heavy atom. The highest BCUT2D eigenvalue weighted by Gasteiger charge is 2.47. The fourth-order valence-electron chi connectivity index (χ4n) is 3.84. The van der Waals surface area contributed by atoms with E-state index in [1.54, 1.807) is 4.90 Å². The number of anilines is 1. The van der Waals surface area contributed by atoms with Gasteiger partial charge in [0.2, 0.25) is 11.8 Å². The van der Waals surface area contributed by atoms with Crippen LogP contribution in [-0.4, -0.2) is 48.1 Å². The molecule has 0 aromatic carbocycles. The van der Waals surface area contributed by atoms with Gasteiger partial charge in [-0.15, -0.1) is 0 Å². The van der Waals surface area contributed by atoms with Crippen molar-refractivity contribution in [3.05, 3.63) is 10.6 Å². The largest absolute Gasteiger partial charge is 0.375 e. The molecule has 8 heteroatoms. The van der Waals surface area contributed by atoms with Crippen LogP contribution in [0.15, 0.2) is 0 Å². The topological polar surface area (TPSA) is 71.5 Å². The maximum absolute atomic E-state index is 12.5. The second-order valence-corrected chi connectivity index (χ2v) is 8.27. The van der Waals surface area contributed by atoms with Crippen LogP contribution in [0.5, 0.6) is 0 Å². The summed E-state index contributed by atoms with van der Waals surface area (Å²) in [6, 6.07) is 0. The fraction of sp³-hybridized carbons (Fsp3) is 0.706. The summed E-state index contributed by atoms with van der Waals surface area (Å²) in [5.74, 6) is 0.0187. The second-order valence-electron chi connectivity index (χ2n) is 7.19. The lowest BCUT2D eigenvalue weighted by Gasteiger charge is -2.32. The van der Waals surface area contributed by atoms with E-state index in [9.17, 15) is 14.0 Å². The Labute approximate surface area is 149 Å². The first-order chi connectivity index (χ1) is 12.1. The molecule has 2 aliphatic heterocycles.